The fraction of sp³-hybridized carbons (Fsp3) is 0.647. The van der Waals surface area contributed by atoms with E-state index in [9.17, 15) is 0 Å². The van der Waals surface area contributed by atoms with E-state index in [0.29, 0.717) is 0 Å². The van der Waals surface area contributed by atoms with E-state index in [1.807, 2.05) is 6.07 Å². The molecule has 2 saturated heterocycles. The van der Waals surface area contributed by atoms with Crippen LogP contribution in [0.15, 0.2) is 18.2 Å². The molecule has 1 aromatic carbocycles. The molecular formula is C17H27N3. The second-order valence-electron chi connectivity index (χ2n) is 6.31. The van der Waals surface area contributed by atoms with Crippen molar-refractivity contribution < 1.29 is 0 Å². The highest BCUT2D eigenvalue weighted by atomic mass is 15.2. The van der Waals surface area contributed by atoms with Gasteiger partial charge in [-0.3, -0.25) is 0 Å². The van der Waals surface area contributed by atoms with Crippen molar-refractivity contribution in [1.82, 2.24) is 4.90 Å². The molecule has 3 heteroatoms. The van der Waals surface area contributed by atoms with Crippen molar-refractivity contribution >= 4 is 11.4 Å². The van der Waals surface area contributed by atoms with Crippen molar-refractivity contribution in [2.75, 3.05) is 36.8 Å². The molecule has 0 bridgehead atoms. The van der Waals surface area contributed by atoms with Gasteiger partial charge in [-0.05, 0) is 63.4 Å². The van der Waals surface area contributed by atoms with Gasteiger partial charge in [0.25, 0.3) is 0 Å². The van der Waals surface area contributed by atoms with Crippen LogP contribution in [0.4, 0.5) is 11.4 Å². The Kier molecular flexibility index (Phi) is 4.16. The van der Waals surface area contributed by atoms with Crippen molar-refractivity contribution in [2.24, 2.45) is 0 Å². The first kappa shape index (κ1) is 13.7. The molecule has 1 aromatic rings. The number of nitrogens with two attached hydrogens (primary N) is 1. The first-order valence-corrected chi connectivity index (χ1v) is 8.10. The molecular weight excluding hydrogens is 246 g/mol. The molecule has 0 spiro atoms. The number of hydrogen-bond donors (Lipinski definition) is 1. The summed E-state index contributed by atoms with van der Waals surface area (Å²) in [5.74, 6) is 0. The quantitative estimate of drug-likeness (QED) is 0.841. The minimum Gasteiger partial charge on any atom is -0.398 e. The van der Waals surface area contributed by atoms with Crippen LogP contribution in [0.2, 0.25) is 0 Å². The SMILES string of the molecule is Cc1c(N)cccc1N1CCC(N2CCCCC2)CC1. The van der Waals surface area contributed by atoms with Gasteiger partial charge in [-0.15, -0.1) is 0 Å². The van der Waals surface area contributed by atoms with Crippen LogP contribution in [0.5, 0.6) is 0 Å². The van der Waals surface area contributed by atoms with Crippen molar-refractivity contribution in [3.05, 3.63) is 23.8 Å². The van der Waals surface area contributed by atoms with Gasteiger partial charge in [0.05, 0.1) is 0 Å². The molecule has 0 radical (unpaired) electrons. The summed E-state index contributed by atoms with van der Waals surface area (Å²) in [5, 5.41) is 0. The molecule has 0 atom stereocenters. The van der Waals surface area contributed by atoms with Gasteiger partial charge in [-0.2, -0.15) is 0 Å². The van der Waals surface area contributed by atoms with Gasteiger partial charge in [0.15, 0.2) is 0 Å². The van der Waals surface area contributed by atoms with Crippen LogP contribution < -0.4 is 10.6 Å². The maximum Gasteiger partial charge on any atom is 0.0416 e. The zero-order chi connectivity index (χ0) is 13.9. The molecule has 110 valence electrons. The zero-order valence-corrected chi connectivity index (χ0v) is 12.6. The van der Waals surface area contributed by atoms with Crippen molar-refractivity contribution in [3.63, 3.8) is 0 Å². The molecule has 2 aliphatic heterocycles. The third-order valence-corrected chi connectivity index (χ3v) is 5.06. The Morgan fingerprint density at radius 3 is 2.40 bits per heavy atom. The smallest absolute Gasteiger partial charge is 0.0416 e. The first-order valence-electron chi connectivity index (χ1n) is 8.10. The number of nitrogen functional groups attached to an aromatic ring is 1. The monoisotopic (exact) mass is 273 g/mol. The molecule has 0 aliphatic carbocycles. The predicted molar refractivity (Wildman–Crippen MR) is 86.3 cm³/mol. The Balaban J connectivity index is 1.62. The number of likely N-dealkylation sites (tertiary alicyclic amines) is 1. The van der Waals surface area contributed by atoms with Crippen LogP contribution in [-0.2, 0) is 0 Å². The van der Waals surface area contributed by atoms with E-state index in [1.54, 1.807) is 0 Å². The predicted octanol–water partition coefficient (Wildman–Crippen LogP) is 3.03. The molecule has 2 fully saturated rings. The highest BCUT2D eigenvalue weighted by Crippen LogP contribution is 2.29. The maximum atomic E-state index is 6.04. The van der Waals surface area contributed by atoms with Gasteiger partial charge in [0.2, 0.25) is 0 Å². The van der Waals surface area contributed by atoms with E-state index in [0.717, 1.165) is 11.7 Å². The number of benzene rings is 1. The van der Waals surface area contributed by atoms with Crippen molar-refractivity contribution in [3.8, 4) is 0 Å². The summed E-state index contributed by atoms with van der Waals surface area (Å²) in [4.78, 5) is 5.25. The van der Waals surface area contributed by atoms with Gasteiger partial charge < -0.3 is 15.5 Å². The summed E-state index contributed by atoms with van der Waals surface area (Å²) in [5.41, 5.74) is 9.53. The van der Waals surface area contributed by atoms with Crippen LogP contribution in [0.1, 0.15) is 37.7 Å². The Hall–Kier alpha value is -1.22. The third-order valence-electron chi connectivity index (χ3n) is 5.06. The van der Waals surface area contributed by atoms with Gasteiger partial charge in [0, 0.05) is 30.5 Å². The summed E-state index contributed by atoms with van der Waals surface area (Å²) in [6, 6.07) is 7.11. The Labute approximate surface area is 122 Å². The number of hydrogen-bond acceptors (Lipinski definition) is 3. The molecule has 0 unspecified atom stereocenters. The highest BCUT2D eigenvalue weighted by Gasteiger charge is 2.26. The second-order valence-corrected chi connectivity index (χ2v) is 6.31. The Morgan fingerprint density at radius 1 is 1.00 bits per heavy atom. The van der Waals surface area contributed by atoms with Gasteiger partial charge >= 0.3 is 0 Å². The zero-order valence-electron chi connectivity index (χ0n) is 12.6. The largest absolute Gasteiger partial charge is 0.398 e. The summed E-state index contributed by atoms with van der Waals surface area (Å²) in [7, 11) is 0. The van der Waals surface area contributed by atoms with Crippen LogP contribution >= 0.6 is 0 Å². The van der Waals surface area contributed by atoms with E-state index in [-0.39, 0.29) is 0 Å². The number of piperidine rings is 2. The van der Waals surface area contributed by atoms with E-state index in [1.165, 1.54) is 69.5 Å². The molecule has 3 rings (SSSR count). The number of rotatable bonds is 2. The van der Waals surface area contributed by atoms with Gasteiger partial charge in [-0.1, -0.05) is 12.5 Å². The molecule has 0 amide bonds. The van der Waals surface area contributed by atoms with Crippen molar-refractivity contribution in [2.45, 2.75) is 45.1 Å². The summed E-state index contributed by atoms with van der Waals surface area (Å²) < 4.78 is 0. The van der Waals surface area contributed by atoms with Crippen LogP contribution in [0.3, 0.4) is 0 Å². The van der Waals surface area contributed by atoms with Crippen LogP contribution in [0, 0.1) is 6.92 Å². The fourth-order valence-electron chi connectivity index (χ4n) is 3.74. The van der Waals surface area contributed by atoms with Gasteiger partial charge in [0.1, 0.15) is 0 Å². The van der Waals surface area contributed by atoms with Crippen LogP contribution in [0.25, 0.3) is 0 Å². The van der Waals surface area contributed by atoms with E-state index < -0.39 is 0 Å². The summed E-state index contributed by atoms with van der Waals surface area (Å²) in [6.07, 6.45) is 6.82. The highest BCUT2D eigenvalue weighted by molar-refractivity contribution is 5.64. The van der Waals surface area contributed by atoms with Crippen molar-refractivity contribution in [1.29, 1.82) is 0 Å². The molecule has 3 nitrogen and oxygen atoms in total. The van der Waals surface area contributed by atoms with Crippen LogP contribution in [-0.4, -0.2) is 37.1 Å². The fourth-order valence-corrected chi connectivity index (χ4v) is 3.74. The number of nitrogens with zero attached hydrogens (tertiary/aromatic N) is 2. The molecule has 2 heterocycles. The third kappa shape index (κ3) is 2.78. The minimum absolute atomic E-state index is 0.813. The Morgan fingerprint density at radius 2 is 1.70 bits per heavy atom. The average molecular weight is 273 g/mol. The lowest BCUT2D eigenvalue weighted by Gasteiger charge is -2.41. The Bertz CT molecular complexity index is 444. The van der Waals surface area contributed by atoms with E-state index in [2.05, 4.69) is 28.9 Å². The standard InChI is InChI=1S/C17H27N3/c1-14-16(18)6-5-7-17(14)20-12-8-15(9-13-20)19-10-3-2-4-11-19/h5-7,15H,2-4,8-13,18H2,1H3. The molecule has 0 saturated carbocycles. The normalized spacial score (nSPS) is 22.1. The summed E-state index contributed by atoms with van der Waals surface area (Å²) in [6.45, 7) is 7.13. The molecule has 20 heavy (non-hydrogen) atoms. The average Bonchev–Trinajstić information content (AvgIpc) is 2.51. The second kappa shape index (κ2) is 6.04. The minimum atomic E-state index is 0.813. The number of anilines is 2. The van der Waals surface area contributed by atoms with E-state index in [4.69, 9.17) is 5.73 Å². The molecule has 0 aromatic heterocycles. The lowest BCUT2D eigenvalue weighted by atomic mass is 9.99. The summed E-state index contributed by atoms with van der Waals surface area (Å²) >= 11 is 0. The lowest BCUT2D eigenvalue weighted by Crippen LogP contribution is -2.46. The molecule has 2 aliphatic rings. The van der Waals surface area contributed by atoms with E-state index >= 15 is 0 Å². The van der Waals surface area contributed by atoms with Gasteiger partial charge in [-0.25, -0.2) is 0 Å². The topological polar surface area (TPSA) is 32.5 Å². The lowest BCUT2D eigenvalue weighted by molar-refractivity contribution is 0.141. The first-order chi connectivity index (χ1) is 9.75. The maximum absolute atomic E-state index is 6.04. The molecule has 2 N–H and O–H groups in total.